The molecule has 2 saturated heterocycles. The van der Waals surface area contributed by atoms with Gasteiger partial charge in [-0.1, -0.05) is 26.7 Å². The van der Waals surface area contributed by atoms with Gasteiger partial charge in [-0.25, -0.2) is 0 Å². The molecule has 2 aliphatic heterocycles. The zero-order valence-corrected chi connectivity index (χ0v) is 11.8. The molecule has 0 spiro atoms. The molecular weight excluding hydrogens is 208 g/mol. The summed E-state index contributed by atoms with van der Waals surface area (Å²) in [6.07, 6.45) is 8.41. The van der Waals surface area contributed by atoms with Gasteiger partial charge in [0.1, 0.15) is 0 Å². The average molecular weight is 238 g/mol. The van der Waals surface area contributed by atoms with Gasteiger partial charge in [0, 0.05) is 19.6 Å². The predicted octanol–water partition coefficient (Wildman–Crippen LogP) is 2.89. The molecular formula is C15H30N2. The van der Waals surface area contributed by atoms with E-state index in [0.29, 0.717) is 5.41 Å². The van der Waals surface area contributed by atoms with Crippen molar-refractivity contribution in [2.75, 3.05) is 32.7 Å². The van der Waals surface area contributed by atoms with Crippen LogP contribution in [0.5, 0.6) is 0 Å². The summed E-state index contributed by atoms with van der Waals surface area (Å²) in [5.74, 6) is 0.969. The first-order valence-corrected chi connectivity index (χ1v) is 7.71. The zero-order chi connectivity index (χ0) is 12.1. The Morgan fingerprint density at radius 3 is 2.88 bits per heavy atom. The standard InChI is InChI=1S/C15H30N2/c1-3-7-15(8-9-16-12-15)13-17-10-5-6-14(4-2)11-17/h14,16H,3-13H2,1-2H3. The third-order valence-electron chi connectivity index (χ3n) is 4.85. The van der Waals surface area contributed by atoms with Crippen molar-refractivity contribution in [3.8, 4) is 0 Å². The van der Waals surface area contributed by atoms with Gasteiger partial charge in [0.15, 0.2) is 0 Å². The van der Waals surface area contributed by atoms with Crippen LogP contribution in [0.25, 0.3) is 0 Å². The van der Waals surface area contributed by atoms with Gasteiger partial charge >= 0.3 is 0 Å². The van der Waals surface area contributed by atoms with Crippen LogP contribution in [0.15, 0.2) is 0 Å². The van der Waals surface area contributed by atoms with Crippen LogP contribution in [0.3, 0.4) is 0 Å². The fourth-order valence-electron chi connectivity index (χ4n) is 3.86. The van der Waals surface area contributed by atoms with Crippen LogP contribution < -0.4 is 5.32 Å². The number of likely N-dealkylation sites (tertiary alicyclic amines) is 1. The molecule has 2 heterocycles. The van der Waals surface area contributed by atoms with Gasteiger partial charge in [-0.15, -0.1) is 0 Å². The molecule has 0 aliphatic carbocycles. The largest absolute Gasteiger partial charge is 0.316 e. The van der Waals surface area contributed by atoms with Crippen LogP contribution in [0, 0.1) is 11.3 Å². The summed E-state index contributed by atoms with van der Waals surface area (Å²) < 4.78 is 0. The molecule has 2 unspecified atom stereocenters. The quantitative estimate of drug-likeness (QED) is 0.792. The summed E-state index contributed by atoms with van der Waals surface area (Å²) in [6, 6.07) is 0. The fourth-order valence-corrected chi connectivity index (χ4v) is 3.86. The third kappa shape index (κ3) is 3.45. The number of nitrogens with one attached hydrogen (secondary N) is 1. The van der Waals surface area contributed by atoms with E-state index < -0.39 is 0 Å². The molecule has 1 N–H and O–H groups in total. The summed E-state index contributed by atoms with van der Waals surface area (Å²) in [7, 11) is 0. The summed E-state index contributed by atoms with van der Waals surface area (Å²) in [5.41, 5.74) is 0.602. The minimum absolute atomic E-state index is 0.602. The van der Waals surface area contributed by atoms with Crippen LogP contribution in [0.2, 0.25) is 0 Å². The maximum Gasteiger partial charge on any atom is 0.00507 e. The molecule has 0 aromatic heterocycles. The van der Waals surface area contributed by atoms with E-state index in [4.69, 9.17) is 0 Å². The summed E-state index contributed by atoms with van der Waals surface area (Å²) in [5, 5.41) is 3.59. The van der Waals surface area contributed by atoms with Crippen molar-refractivity contribution in [3.63, 3.8) is 0 Å². The van der Waals surface area contributed by atoms with E-state index in [0.717, 1.165) is 5.92 Å². The van der Waals surface area contributed by atoms with E-state index in [1.54, 1.807) is 0 Å². The number of nitrogens with zero attached hydrogens (tertiary/aromatic N) is 1. The van der Waals surface area contributed by atoms with Crippen molar-refractivity contribution in [3.05, 3.63) is 0 Å². The monoisotopic (exact) mass is 238 g/mol. The summed E-state index contributed by atoms with van der Waals surface area (Å²) in [4.78, 5) is 2.76. The van der Waals surface area contributed by atoms with Gasteiger partial charge in [0.05, 0.1) is 0 Å². The van der Waals surface area contributed by atoms with Gasteiger partial charge in [-0.05, 0) is 50.1 Å². The smallest absolute Gasteiger partial charge is 0.00507 e. The molecule has 2 nitrogen and oxygen atoms in total. The normalized spacial score (nSPS) is 35.3. The van der Waals surface area contributed by atoms with Crippen molar-refractivity contribution in [1.82, 2.24) is 10.2 Å². The lowest BCUT2D eigenvalue weighted by Gasteiger charge is -2.39. The lowest BCUT2D eigenvalue weighted by Crippen LogP contribution is -2.44. The first-order valence-electron chi connectivity index (χ1n) is 7.71. The molecule has 0 saturated carbocycles. The first-order chi connectivity index (χ1) is 8.28. The molecule has 0 aromatic carbocycles. The van der Waals surface area contributed by atoms with Crippen molar-refractivity contribution in [1.29, 1.82) is 0 Å². The number of hydrogen-bond acceptors (Lipinski definition) is 2. The van der Waals surface area contributed by atoms with E-state index in [9.17, 15) is 0 Å². The lowest BCUT2D eigenvalue weighted by atomic mass is 9.81. The summed E-state index contributed by atoms with van der Waals surface area (Å²) >= 11 is 0. The van der Waals surface area contributed by atoms with Crippen LogP contribution >= 0.6 is 0 Å². The van der Waals surface area contributed by atoms with Crippen molar-refractivity contribution >= 4 is 0 Å². The van der Waals surface area contributed by atoms with Crippen LogP contribution in [-0.2, 0) is 0 Å². The average Bonchev–Trinajstić information content (AvgIpc) is 2.78. The molecule has 0 radical (unpaired) electrons. The van der Waals surface area contributed by atoms with E-state index >= 15 is 0 Å². The van der Waals surface area contributed by atoms with E-state index in [2.05, 4.69) is 24.1 Å². The molecule has 0 aromatic rings. The third-order valence-corrected chi connectivity index (χ3v) is 4.85. The Morgan fingerprint density at radius 1 is 1.35 bits per heavy atom. The molecule has 2 aliphatic rings. The minimum atomic E-state index is 0.602. The second kappa shape index (κ2) is 6.19. The number of hydrogen-bond donors (Lipinski definition) is 1. The Labute approximate surface area is 107 Å². The zero-order valence-electron chi connectivity index (χ0n) is 11.8. The Hall–Kier alpha value is -0.0800. The molecule has 17 heavy (non-hydrogen) atoms. The van der Waals surface area contributed by atoms with E-state index in [-0.39, 0.29) is 0 Å². The van der Waals surface area contributed by atoms with Gasteiger partial charge in [-0.2, -0.15) is 0 Å². The molecule has 0 amide bonds. The Kier molecular flexibility index (Phi) is 4.87. The van der Waals surface area contributed by atoms with Gasteiger partial charge in [0.25, 0.3) is 0 Å². The van der Waals surface area contributed by atoms with Crippen LogP contribution in [-0.4, -0.2) is 37.6 Å². The maximum absolute atomic E-state index is 3.59. The van der Waals surface area contributed by atoms with Crippen LogP contribution in [0.1, 0.15) is 52.4 Å². The molecule has 2 fully saturated rings. The minimum Gasteiger partial charge on any atom is -0.316 e. The Balaban J connectivity index is 1.88. The van der Waals surface area contributed by atoms with E-state index in [1.165, 1.54) is 71.2 Å². The van der Waals surface area contributed by atoms with Crippen molar-refractivity contribution in [2.45, 2.75) is 52.4 Å². The fraction of sp³-hybridized carbons (Fsp3) is 1.00. The van der Waals surface area contributed by atoms with Gasteiger partial charge in [0.2, 0.25) is 0 Å². The number of piperidine rings is 1. The predicted molar refractivity (Wildman–Crippen MR) is 74.3 cm³/mol. The lowest BCUT2D eigenvalue weighted by molar-refractivity contribution is 0.104. The highest BCUT2D eigenvalue weighted by Gasteiger charge is 2.35. The first kappa shape index (κ1) is 13.4. The highest BCUT2D eigenvalue weighted by molar-refractivity contribution is 4.91. The molecule has 2 atom stereocenters. The SMILES string of the molecule is CCCC1(CN2CCCC(CC)C2)CCNC1. The Morgan fingerprint density at radius 2 is 2.24 bits per heavy atom. The van der Waals surface area contributed by atoms with Crippen molar-refractivity contribution < 1.29 is 0 Å². The second-order valence-electron chi connectivity index (χ2n) is 6.33. The molecule has 2 rings (SSSR count). The Bertz CT molecular complexity index is 221. The highest BCUT2D eigenvalue weighted by Crippen LogP contribution is 2.33. The topological polar surface area (TPSA) is 15.3 Å². The van der Waals surface area contributed by atoms with E-state index in [1.807, 2.05) is 0 Å². The molecule has 0 bridgehead atoms. The van der Waals surface area contributed by atoms with Crippen molar-refractivity contribution in [2.24, 2.45) is 11.3 Å². The maximum atomic E-state index is 3.59. The highest BCUT2D eigenvalue weighted by atomic mass is 15.1. The molecule has 100 valence electrons. The van der Waals surface area contributed by atoms with Gasteiger partial charge < -0.3 is 10.2 Å². The molecule has 2 heteroatoms. The van der Waals surface area contributed by atoms with Gasteiger partial charge in [-0.3, -0.25) is 0 Å². The van der Waals surface area contributed by atoms with Crippen LogP contribution in [0.4, 0.5) is 0 Å². The summed E-state index contributed by atoms with van der Waals surface area (Å²) in [6.45, 7) is 11.3. The number of rotatable bonds is 5. The second-order valence-corrected chi connectivity index (χ2v) is 6.33.